The van der Waals surface area contributed by atoms with Crippen LogP contribution in [0.3, 0.4) is 0 Å². The summed E-state index contributed by atoms with van der Waals surface area (Å²) in [5.74, 6) is 2.01. The molecule has 2 nitrogen and oxygen atoms in total. The number of rotatable bonds is 0. The summed E-state index contributed by atoms with van der Waals surface area (Å²) in [5, 5.41) is 1.78. The molecule has 92 valence electrons. The fourth-order valence-electron chi connectivity index (χ4n) is 1.01. The summed E-state index contributed by atoms with van der Waals surface area (Å²) in [7, 11) is -3.63. The Kier molecular flexibility index (Phi) is 3.89. The van der Waals surface area contributed by atoms with E-state index in [0.717, 1.165) is 18.4 Å². The fraction of sp³-hybridized carbons (Fsp3) is 0.200. The van der Waals surface area contributed by atoms with Crippen LogP contribution in [-0.2, 0) is 16.0 Å². The molecule has 0 saturated heterocycles. The van der Waals surface area contributed by atoms with Gasteiger partial charge in [-0.1, -0.05) is 15.9 Å². The van der Waals surface area contributed by atoms with Gasteiger partial charge < -0.3 is 0 Å². The van der Waals surface area contributed by atoms with Crippen molar-refractivity contribution in [3.8, 4) is 11.2 Å². The van der Waals surface area contributed by atoms with E-state index in [1.165, 1.54) is 6.07 Å². The minimum Gasteiger partial charge on any atom is -0.216 e. The lowest BCUT2D eigenvalue weighted by atomic mass is 10.1. The van der Waals surface area contributed by atoms with Crippen molar-refractivity contribution < 1.29 is 21.6 Å². The number of hydrogen-bond acceptors (Lipinski definition) is 2. The molecule has 0 atom stereocenters. The van der Waals surface area contributed by atoms with E-state index >= 15 is 0 Å². The van der Waals surface area contributed by atoms with Gasteiger partial charge in [0.1, 0.15) is 0 Å². The van der Waals surface area contributed by atoms with Crippen LogP contribution in [-0.4, -0.2) is 14.7 Å². The minimum atomic E-state index is -4.58. The van der Waals surface area contributed by atoms with E-state index in [2.05, 4.69) is 15.9 Å². The zero-order chi connectivity index (χ0) is 13.3. The molecule has 0 radical (unpaired) electrons. The predicted molar refractivity (Wildman–Crippen MR) is 60.9 cm³/mol. The Morgan fingerprint density at radius 3 is 2.35 bits per heavy atom. The molecule has 0 heterocycles. The second-order valence-electron chi connectivity index (χ2n) is 3.19. The van der Waals surface area contributed by atoms with Crippen LogP contribution < -0.4 is 0 Å². The average molecular weight is 327 g/mol. The maximum atomic E-state index is 12.6. The quantitative estimate of drug-likeness (QED) is 0.687. The summed E-state index contributed by atoms with van der Waals surface area (Å²) in [6, 6.07) is 3.33. The van der Waals surface area contributed by atoms with Gasteiger partial charge >= 0.3 is 6.18 Å². The first-order valence-corrected chi connectivity index (χ1v) is 6.87. The summed E-state index contributed by atoms with van der Waals surface area (Å²) in [6.07, 6.45) is -3.75. The first kappa shape index (κ1) is 14.1. The van der Waals surface area contributed by atoms with Crippen LogP contribution in [0.25, 0.3) is 0 Å². The van der Waals surface area contributed by atoms with Crippen LogP contribution in [0.4, 0.5) is 13.2 Å². The molecule has 17 heavy (non-hydrogen) atoms. The van der Waals surface area contributed by atoms with Gasteiger partial charge in [0.15, 0.2) is 0 Å². The van der Waals surface area contributed by atoms with Crippen molar-refractivity contribution in [2.75, 3.05) is 6.26 Å². The van der Waals surface area contributed by atoms with Crippen LogP contribution in [0, 0.1) is 11.2 Å². The van der Waals surface area contributed by atoms with Gasteiger partial charge in [0.2, 0.25) is 9.84 Å². The molecular weight excluding hydrogens is 321 g/mol. The molecule has 1 aromatic rings. The van der Waals surface area contributed by atoms with Gasteiger partial charge in [0.05, 0.1) is 11.8 Å². The van der Waals surface area contributed by atoms with Crippen molar-refractivity contribution >= 4 is 25.8 Å². The summed E-state index contributed by atoms with van der Waals surface area (Å²) in [6.45, 7) is 0. The number of alkyl halides is 3. The van der Waals surface area contributed by atoms with E-state index in [1.54, 1.807) is 5.25 Å². The van der Waals surface area contributed by atoms with Crippen LogP contribution >= 0.6 is 15.9 Å². The van der Waals surface area contributed by atoms with E-state index < -0.39 is 21.6 Å². The standard InChI is InChI=1S/C10H6BrF3O2S/c1-17(15,16)5-4-7-2-3-8(11)6-9(7)10(12,13)14/h2-3,6H,1H3. The van der Waals surface area contributed by atoms with Crippen molar-refractivity contribution in [3.05, 3.63) is 33.8 Å². The lowest BCUT2D eigenvalue weighted by Gasteiger charge is -2.09. The molecule has 1 rings (SSSR count). The smallest absolute Gasteiger partial charge is 0.216 e. The average Bonchev–Trinajstić information content (AvgIpc) is 2.13. The highest BCUT2D eigenvalue weighted by molar-refractivity contribution is 9.10. The largest absolute Gasteiger partial charge is 0.417 e. The van der Waals surface area contributed by atoms with Crippen molar-refractivity contribution in [2.24, 2.45) is 0 Å². The van der Waals surface area contributed by atoms with E-state index in [4.69, 9.17) is 0 Å². The molecule has 7 heteroatoms. The van der Waals surface area contributed by atoms with Gasteiger partial charge in [-0.05, 0) is 24.1 Å². The SMILES string of the molecule is CS(=O)(=O)C#Cc1ccc(Br)cc1C(F)(F)F. The molecule has 0 fully saturated rings. The lowest BCUT2D eigenvalue weighted by Crippen LogP contribution is -2.07. The highest BCUT2D eigenvalue weighted by Gasteiger charge is 2.33. The zero-order valence-electron chi connectivity index (χ0n) is 8.47. The number of sulfone groups is 1. The number of hydrogen-bond donors (Lipinski definition) is 0. The topological polar surface area (TPSA) is 34.1 Å². The second-order valence-corrected chi connectivity index (χ2v) is 5.85. The number of benzene rings is 1. The zero-order valence-corrected chi connectivity index (χ0v) is 10.9. The third-order valence-electron chi connectivity index (χ3n) is 1.66. The molecule has 0 aliphatic rings. The molecule has 0 spiro atoms. The Bertz CT molecular complexity index is 594. The molecule has 0 amide bonds. The van der Waals surface area contributed by atoms with Crippen molar-refractivity contribution in [1.82, 2.24) is 0 Å². The number of halogens is 4. The molecule has 0 aromatic heterocycles. The Morgan fingerprint density at radius 1 is 1.29 bits per heavy atom. The molecule has 0 bridgehead atoms. The van der Waals surface area contributed by atoms with E-state index in [-0.39, 0.29) is 10.0 Å². The Hall–Kier alpha value is -1.00. The monoisotopic (exact) mass is 326 g/mol. The second kappa shape index (κ2) is 4.70. The van der Waals surface area contributed by atoms with Gasteiger partial charge in [-0.15, -0.1) is 0 Å². The normalized spacial score (nSPS) is 11.8. The highest BCUT2D eigenvalue weighted by Crippen LogP contribution is 2.33. The Morgan fingerprint density at radius 2 is 1.88 bits per heavy atom. The van der Waals surface area contributed by atoms with Gasteiger partial charge in [-0.2, -0.15) is 13.2 Å². The van der Waals surface area contributed by atoms with E-state index in [9.17, 15) is 21.6 Å². The van der Waals surface area contributed by atoms with Gasteiger partial charge in [0.25, 0.3) is 0 Å². The third kappa shape index (κ3) is 4.40. The molecule has 0 aliphatic heterocycles. The lowest BCUT2D eigenvalue weighted by molar-refractivity contribution is -0.137. The summed E-state index contributed by atoms with van der Waals surface area (Å²) in [4.78, 5) is 0. The van der Waals surface area contributed by atoms with Crippen molar-refractivity contribution in [1.29, 1.82) is 0 Å². The van der Waals surface area contributed by atoms with Crippen molar-refractivity contribution in [3.63, 3.8) is 0 Å². The van der Waals surface area contributed by atoms with E-state index in [1.807, 2.05) is 5.92 Å². The predicted octanol–water partition coefficient (Wildman–Crippen LogP) is 2.82. The highest BCUT2D eigenvalue weighted by atomic mass is 79.9. The molecule has 0 N–H and O–H groups in total. The van der Waals surface area contributed by atoms with Crippen LogP contribution in [0.1, 0.15) is 11.1 Å². The molecule has 1 aromatic carbocycles. The summed E-state index contributed by atoms with van der Waals surface area (Å²) in [5.41, 5.74) is -1.34. The minimum absolute atomic E-state index is 0.245. The van der Waals surface area contributed by atoms with Crippen LogP contribution in [0.15, 0.2) is 22.7 Å². The maximum absolute atomic E-state index is 12.6. The van der Waals surface area contributed by atoms with Crippen LogP contribution in [0.5, 0.6) is 0 Å². The van der Waals surface area contributed by atoms with Crippen LogP contribution in [0.2, 0.25) is 0 Å². The Balaban J connectivity index is 3.39. The third-order valence-corrected chi connectivity index (χ3v) is 2.62. The molecule has 0 aliphatic carbocycles. The van der Waals surface area contributed by atoms with Crippen molar-refractivity contribution in [2.45, 2.75) is 6.18 Å². The van der Waals surface area contributed by atoms with E-state index in [0.29, 0.717) is 0 Å². The summed E-state index contributed by atoms with van der Waals surface area (Å²) >= 11 is 2.91. The summed E-state index contributed by atoms with van der Waals surface area (Å²) < 4.78 is 59.6. The fourth-order valence-corrected chi connectivity index (χ4v) is 1.66. The first-order chi connectivity index (χ1) is 7.59. The molecular formula is C10H6BrF3O2S. The van der Waals surface area contributed by atoms with Gasteiger partial charge in [-0.3, -0.25) is 0 Å². The Labute approximate surface area is 105 Å². The first-order valence-electron chi connectivity index (χ1n) is 4.19. The van der Waals surface area contributed by atoms with Gasteiger partial charge in [0, 0.05) is 15.3 Å². The van der Waals surface area contributed by atoms with Gasteiger partial charge in [-0.25, -0.2) is 8.42 Å². The molecule has 0 unspecified atom stereocenters. The maximum Gasteiger partial charge on any atom is 0.417 e. The molecule has 0 saturated carbocycles.